The number of nitrogens with one attached hydrogen (secondary N) is 1. The number of ether oxygens (including phenoxy) is 2. The number of carbonyl (C=O) groups excluding carboxylic acids is 2. The fraction of sp³-hybridized carbons (Fsp3) is 0.333. The second-order valence-corrected chi connectivity index (χ2v) is 11.6. The number of nitrogens with zero attached hydrogens (tertiary/aromatic N) is 2. The van der Waals surface area contributed by atoms with E-state index in [0.29, 0.717) is 18.0 Å². The van der Waals surface area contributed by atoms with Gasteiger partial charge in [-0.25, -0.2) is 8.42 Å². The SMILES string of the molecule is COc1cccc(CN(C(=O)CN(c2cccc(OC)c2)S(=O)(=O)c2ccccc2)C(C)C(=O)NCC(C)C)c1. The third-order valence-corrected chi connectivity index (χ3v) is 8.08. The van der Waals surface area contributed by atoms with Crippen LogP contribution in [0, 0.1) is 5.92 Å². The van der Waals surface area contributed by atoms with Crippen LogP contribution in [0.5, 0.6) is 11.5 Å². The number of carbonyl (C=O) groups is 2. The molecular weight excluding hydrogens is 530 g/mol. The van der Waals surface area contributed by atoms with E-state index < -0.39 is 28.5 Å². The van der Waals surface area contributed by atoms with Crippen LogP contribution in [-0.4, -0.2) is 58.5 Å². The van der Waals surface area contributed by atoms with Crippen LogP contribution in [0.15, 0.2) is 83.8 Å². The van der Waals surface area contributed by atoms with Crippen LogP contribution in [-0.2, 0) is 26.2 Å². The normalized spacial score (nSPS) is 11.9. The molecule has 0 bridgehead atoms. The van der Waals surface area contributed by atoms with Gasteiger partial charge in [-0.1, -0.05) is 50.2 Å². The van der Waals surface area contributed by atoms with Crippen LogP contribution in [0.4, 0.5) is 5.69 Å². The molecular formula is C30H37N3O6S. The van der Waals surface area contributed by atoms with Crippen molar-refractivity contribution in [1.29, 1.82) is 0 Å². The zero-order chi connectivity index (χ0) is 29.3. The third kappa shape index (κ3) is 7.75. The van der Waals surface area contributed by atoms with E-state index in [1.54, 1.807) is 74.7 Å². The number of benzene rings is 3. The molecule has 10 heteroatoms. The number of hydrogen-bond donors (Lipinski definition) is 1. The Morgan fingerprint density at radius 1 is 0.850 bits per heavy atom. The summed E-state index contributed by atoms with van der Waals surface area (Å²) >= 11 is 0. The van der Waals surface area contributed by atoms with Gasteiger partial charge < -0.3 is 19.7 Å². The molecule has 0 aliphatic carbocycles. The van der Waals surface area contributed by atoms with E-state index in [1.807, 2.05) is 19.9 Å². The predicted molar refractivity (Wildman–Crippen MR) is 155 cm³/mol. The van der Waals surface area contributed by atoms with Crippen molar-refractivity contribution in [2.24, 2.45) is 5.92 Å². The van der Waals surface area contributed by atoms with Crippen LogP contribution in [0.25, 0.3) is 0 Å². The maximum atomic E-state index is 14.0. The number of rotatable bonds is 13. The highest BCUT2D eigenvalue weighted by Gasteiger charge is 2.32. The molecule has 0 heterocycles. The van der Waals surface area contributed by atoms with Crippen molar-refractivity contribution < 1.29 is 27.5 Å². The van der Waals surface area contributed by atoms with Gasteiger partial charge in [0.1, 0.15) is 24.1 Å². The molecule has 214 valence electrons. The average molecular weight is 568 g/mol. The second kappa shape index (κ2) is 13.8. The summed E-state index contributed by atoms with van der Waals surface area (Å²) in [4.78, 5) is 28.5. The number of methoxy groups -OCH3 is 2. The summed E-state index contributed by atoms with van der Waals surface area (Å²) in [5, 5.41) is 2.88. The molecule has 1 atom stereocenters. The second-order valence-electron chi connectivity index (χ2n) is 9.71. The lowest BCUT2D eigenvalue weighted by atomic mass is 10.1. The van der Waals surface area contributed by atoms with E-state index in [2.05, 4.69) is 5.32 Å². The molecule has 3 aromatic rings. The molecule has 0 fully saturated rings. The predicted octanol–water partition coefficient (Wildman–Crippen LogP) is 4.09. The van der Waals surface area contributed by atoms with Crippen molar-refractivity contribution in [3.8, 4) is 11.5 Å². The first kappa shape index (κ1) is 30.5. The highest BCUT2D eigenvalue weighted by Crippen LogP contribution is 2.27. The molecule has 0 aliphatic rings. The molecule has 3 rings (SSSR count). The van der Waals surface area contributed by atoms with Gasteiger partial charge >= 0.3 is 0 Å². The van der Waals surface area contributed by atoms with Crippen molar-refractivity contribution >= 4 is 27.5 Å². The van der Waals surface area contributed by atoms with E-state index in [9.17, 15) is 18.0 Å². The fourth-order valence-corrected chi connectivity index (χ4v) is 5.44. The molecule has 0 saturated heterocycles. The molecule has 9 nitrogen and oxygen atoms in total. The Bertz CT molecular complexity index is 1400. The molecule has 0 aliphatic heterocycles. The minimum atomic E-state index is -4.15. The van der Waals surface area contributed by atoms with Gasteiger partial charge in [0.15, 0.2) is 0 Å². The quantitative estimate of drug-likeness (QED) is 0.334. The first-order valence-electron chi connectivity index (χ1n) is 13.0. The molecule has 0 spiro atoms. The number of anilines is 1. The largest absolute Gasteiger partial charge is 0.497 e. The number of amides is 2. The zero-order valence-corrected chi connectivity index (χ0v) is 24.4. The van der Waals surface area contributed by atoms with Crippen molar-refractivity contribution in [2.75, 3.05) is 31.6 Å². The standard InChI is InChI=1S/C30H37N3O6S/c1-22(2)19-31-30(35)23(3)32(20-24-11-9-13-26(17-24)38-4)29(34)21-33(25-12-10-14-27(18-25)39-5)40(36,37)28-15-7-6-8-16-28/h6-18,22-23H,19-21H2,1-5H3,(H,31,35). The minimum Gasteiger partial charge on any atom is -0.497 e. The summed E-state index contributed by atoms with van der Waals surface area (Å²) in [5.74, 6) is 0.388. The number of hydrogen-bond acceptors (Lipinski definition) is 6. The van der Waals surface area contributed by atoms with Crippen molar-refractivity contribution in [3.05, 3.63) is 84.4 Å². The lowest BCUT2D eigenvalue weighted by Crippen LogP contribution is -2.51. The highest BCUT2D eigenvalue weighted by molar-refractivity contribution is 7.92. The van der Waals surface area contributed by atoms with Crippen LogP contribution < -0.4 is 19.1 Å². The number of sulfonamides is 1. The Morgan fingerprint density at radius 3 is 2.10 bits per heavy atom. The third-order valence-electron chi connectivity index (χ3n) is 6.29. The summed E-state index contributed by atoms with van der Waals surface area (Å²) < 4.78 is 39.3. The van der Waals surface area contributed by atoms with E-state index in [4.69, 9.17) is 9.47 Å². The van der Waals surface area contributed by atoms with Gasteiger partial charge in [0.05, 0.1) is 24.8 Å². The monoisotopic (exact) mass is 567 g/mol. The molecule has 1 unspecified atom stereocenters. The van der Waals surface area contributed by atoms with Gasteiger partial charge in [-0.15, -0.1) is 0 Å². The van der Waals surface area contributed by atoms with Crippen molar-refractivity contribution in [2.45, 2.75) is 38.3 Å². The molecule has 0 radical (unpaired) electrons. The average Bonchev–Trinajstić information content (AvgIpc) is 2.97. The van der Waals surface area contributed by atoms with Gasteiger partial charge in [-0.3, -0.25) is 13.9 Å². The van der Waals surface area contributed by atoms with Gasteiger partial charge in [-0.05, 0) is 54.8 Å². The van der Waals surface area contributed by atoms with Gasteiger partial charge in [0, 0.05) is 19.2 Å². The van der Waals surface area contributed by atoms with Crippen molar-refractivity contribution in [3.63, 3.8) is 0 Å². The topological polar surface area (TPSA) is 105 Å². The van der Waals surface area contributed by atoms with E-state index in [1.165, 1.54) is 24.1 Å². The van der Waals surface area contributed by atoms with E-state index in [-0.39, 0.29) is 29.0 Å². The van der Waals surface area contributed by atoms with Gasteiger partial charge in [-0.2, -0.15) is 0 Å². The zero-order valence-electron chi connectivity index (χ0n) is 23.5. The first-order chi connectivity index (χ1) is 19.1. The molecule has 0 aromatic heterocycles. The minimum absolute atomic E-state index is 0.0349. The lowest BCUT2D eigenvalue weighted by molar-refractivity contribution is -0.139. The molecule has 2 amide bonds. The summed E-state index contributed by atoms with van der Waals surface area (Å²) in [6.45, 7) is 5.58. The Kier molecular flexibility index (Phi) is 10.6. The van der Waals surface area contributed by atoms with Crippen molar-refractivity contribution in [1.82, 2.24) is 10.2 Å². The smallest absolute Gasteiger partial charge is 0.264 e. The Morgan fingerprint density at radius 2 is 1.48 bits per heavy atom. The first-order valence-corrected chi connectivity index (χ1v) is 14.4. The highest BCUT2D eigenvalue weighted by atomic mass is 32.2. The van der Waals surface area contributed by atoms with Gasteiger partial charge in [0.2, 0.25) is 11.8 Å². The van der Waals surface area contributed by atoms with E-state index in [0.717, 1.165) is 9.87 Å². The summed E-state index contributed by atoms with van der Waals surface area (Å²) in [6.07, 6.45) is 0. The Labute approximate surface area is 236 Å². The maximum Gasteiger partial charge on any atom is 0.264 e. The lowest BCUT2D eigenvalue weighted by Gasteiger charge is -2.32. The molecule has 3 aromatic carbocycles. The van der Waals surface area contributed by atoms with E-state index >= 15 is 0 Å². The van der Waals surface area contributed by atoms with Crippen LogP contribution >= 0.6 is 0 Å². The maximum absolute atomic E-state index is 14.0. The van der Waals surface area contributed by atoms with Crippen LogP contribution in [0.1, 0.15) is 26.3 Å². The Hall–Kier alpha value is -4.05. The molecule has 40 heavy (non-hydrogen) atoms. The van der Waals surface area contributed by atoms with Crippen LogP contribution in [0.2, 0.25) is 0 Å². The molecule has 0 saturated carbocycles. The summed E-state index contributed by atoms with van der Waals surface area (Å²) in [7, 11) is -1.12. The summed E-state index contributed by atoms with van der Waals surface area (Å²) in [6, 6.07) is 20.7. The Balaban J connectivity index is 2.03. The summed E-state index contributed by atoms with van der Waals surface area (Å²) in [5.41, 5.74) is 0.991. The van der Waals surface area contributed by atoms with Crippen LogP contribution in [0.3, 0.4) is 0 Å². The van der Waals surface area contributed by atoms with Gasteiger partial charge in [0.25, 0.3) is 10.0 Å². The fourth-order valence-electron chi connectivity index (χ4n) is 4.02. The molecule has 1 N–H and O–H groups in total.